The smallest absolute Gasteiger partial charge is 0.227 e. The molecule has 0 spiro atoms. The number of carbonyl (C=O) groups excluding carboxylic acids is 1. The van der Waals surface area contributed by atoms with Gasteiger partial charge in [0.2, 0.25) is 15.9 Å². The van der Waals surface area contributed by atoms with E-state index < -0.39 is 10.0 Å². The molecule has 4 rings (SSSR count). The van der Waals surface area contributed by atoms with Crippen molar-refractivity contribution in [3.63, 3.8) is 0 Å². The van der Waals surface area contributed by atoms with Gasteiger partial charge in [0, 0.05) is 60.6 Å². The molecule has 34 heavy (non-hydrogen) atoms. The first-order valence-electron chi connectivity index (χ1n) is 11.4. The highest BCUT2D eigenvalue weighted by molar-refractivity contribution is 7.88. The summed E-state index contributed by atoms with van der Waals surface area (Å²) in [5.74, 6) is 0.237. The lowest BCUT2D eigenvalue weighted by atomic mass is 9.97. The first-order valence-corrected chi connectivity index (χ1v) is 13.7. The van der Waals surface area contributed by atoms with Crippen molar-refractivity contribution in [2.45, 2.75) is 18.6 Å². The largest absolute Gasteiger partial charge is 0.497 e. The molecule has 2 aliphatic heterocycles. The molecular weight excluding hydrogens is 497 g/mol. The summed E-state index contributed by atoms with van der Waals surface area (Å²) >= 11 is 12.4. The summed E-state index contributed by atoms with van der Waals surface area (Å²) in [5.41, 5.74) is 1.50. The van der Waals surface area contributed by atoms with Gasteiger partial charge in [-0.25, -0.2) is 12.7 Å². The van der Waals surface area contributed by atoms with Gasteiger partial charge in [-0.2, -0.15) is 0 Å². The van der Waals surface area contributed by atoms with Crippen LogP contribution in [0.1, 0.15) is 18.4 Å². The Hall–Kier alpha value is -2.00. The molecule has 1 amide bonds. The fourth-order valence-electron chi connectivity index (χ4n) is 4.58. The summed E-state index contributed by atoms with van der Waals surface area (Å²) in [6.07, 6.45) is 1.34. The van der Waals surface area contributed by atoms with E-state index in [-0.39, 0.29) is 24.1 Å². The van der Waals surface area contributed by atoms with Gasteiger partial charge in [-0.15, -0.1) is 0 Å². The SMILES string of the molecule is COc1ccc(N2CCN(C(=O)[C@H]3CCCN(S(=O)(=O)Cc4c(Cl)cccc4Cl)C3)CC2)cc1. The lowest BCUT2D eigenvalue weighted by molar-refractivity contribution is -0.137. The van der Waals surface area contributed by atoms with E-state index in [4.69, 9.17) is 27.9 Å². The third-order valence-corrected chi connectivity index (χ3v) is 9.02. The number of ether oxygens (including phenoxy) is 1. The van der Waals surface area contributed by atoms with E-state index in [9.17, 15) is 13.2 Å². The Kier molecular flexibility index (Phi) is 7.92. The van der Waals surface area contributed by atoms with Crippen LogP contribution in [0.5, 0.6) is 5.75 Å². The number of sulfonamides is 1. The van der Waals surface area contributed by atoms with Crippen LogP contribution in [0.2, 0.25) is 10.0 Å². The molecule has 0 N–H and O–H groups in total. The number of anilines is 1. The van der Waals surface area contributed by atoms with Crippen molar-refractivity contribution in [3.05, 3.63) is 58.1 Å². The second-order valence-corrected chi connectivity index (χ2v) is 11.4. The molecule has 2 aromatic rings. The molecule has 0 bridgehead atoms. The van der Waals surface area contributed by atoms with Crippen molar-refractivity contribution in [1.82, 2.24) is 9.21 Å². The Morgan fingerprint density at radius 3 is 2.26 bits per heavy atom. The number of benzene rings is 2. The van der Waals surface area contributed by atoms with Gasteiger partial charge in [-0.1, -0.05) is 29.3 Å². The second kappa shape index (κ2) is 10.7. The molecule has 10 heteroatoms. The molecule has 7 nitrogen and oxygen atoms in total. The Morgan fingerprint density at radius 1 is 1.00 bits per heavy atom. The molecule has 184 valence electrons. The van der Waals surface area contributed by atoms with Gasteiger partial charge in [-0.05, 0) is 49.2 Å². The molecule has 0 unspecified atom stereocenters. The van der Waals surface area contributed by atoms with E-state index >= 15 is 0 Å². The number of methoxy groups -OCH3 is 1. The van der Waals surface area contributed by atoms with Gasteiger partial charge in [0.25, 0.3) is 0 Å². The van der Waals surface area contributed by atoms with Crippen LogP contribution >= 0.6 is 23.2 Å². The van der Waals surface area contributed by atoms with E-state index in [0.717, 1.165) is 24.5 Å². The maximum Gasteiger partial charge on any atom is 0.227 e. The Bertz CT molecular complexity index is 1100. The van der Waals surface area contributed by atoms with Gasteiger partial charge in [0.1, 0.15) is 5.75 Å². The summed E-state index contributed by atoms with van der Waals surface area (Å²) in [4.78, 5) is 17.4. The van der Waals surface area contributed by atoms with E-state index in [0.29, 0.717) is 48.1 Å². The maximum absolute atomic E-state index is 13.2. The number of halogens is 2. The summed E-state index contributed by atoms with van der Waals surface area (Å²) in [5, 5.41) is 0.658. The normalized spacial score (nSPS) is 19.8. The first-order chi connectivity index (χ1) is 16.3. The van der Waals surface area contributed by atoms with Crippen molar-refractivity contribution in [1.29, 1.82) is 0 Å². The van der Waals surface area contributed by atoms with E-state index in [1.807, 2.05) is 29.2 Å². The molecule has 2 heterocycles. The number of hydrogen-bond donors (Lipinski definition) is 0. The molecule has 0 aliphatic carbocycles. The van der Waals surface area contributed by atoms with Gasteiger partial charge < -0.3 is 14.5 Å². The first kappa shape index (κ1) is 25.1. The molecule has 2 saturated heterocycles. The minimum absolute atomic E-state index is 0.0325. The Balaban J connectivity index is 1.36. The van der Waals surface area contributed by atoms with Crippen LogP contribution in [0.15, 0.2) is 42.5 Å². The highest BCUT2D eigenvalue weighted by Crippen LogP contribution is 2.29. The van der Waals surface area contributed by atoms with Crippen LogP contribution in [-0.4, -0.2) is 69.9 Å². The van der Waals surface area contributed by atoms with Crippen molar-refractivity contribution >= 4 is 44.8 Å². The molecule has 2 aliphatic rings. The minimum Gasteiger partial charge on any atom is -0.497 e. The average Bonchev–Trinajstić information content (AvgIpc) is 2.86. The predicted molar refractivity (Wildman–Crippen MR) is 135 cm³/mol. The zero-order chi connectivity index (χ0) is 24.3. The summed E-state index contributed by atoms with van der Waals surface area (Å²) in [6.45, 7) is 3.30. The van der Waals surface area contributed by atoms with Crippen LogP contribution in [0.3, 0.4) is 0 Å². The Labute approximate surface area is 211 Å². The zero-order valence-electron chi connectivity index (χ0n) is 19.1. The molecule has 2 aromatic carbocycles. The molecule has 0 radical (unpaired) electrons. The fraction of sp³-hybridized carbons (Fsp3) is 0.458. The average molecular weight is 526 g/mol. The number of amides is 1. The van der Waals surface area contributed by atoms with Crippen LogP contribution in [0.25, 0.3) is 0 Å². The van der Waals surface area contributed by atoms with Crippen LogP contribution in [-0.2, 0) is 20.6 Å². The van der Waals surface area contributed by atoms with Gasteiger partial charge in [0.15, 0.2) is 0 Å². The van der Waals surface area contributed by atoms with Crippen LogP contribution < -0.4 is 9.64 Å². The molecule has 2 fully saturated rings. The fourth-order valence-corrected chi connectivity index (χ4v) is 6.94. The number of hydrogen-bond acceptors (Lipinski definition) is 5. The number of rotatable bonds is 6. The molecule has 0 aromatic heterocycles. The van der Waals surface area contributed by atoms with Gasteiger partial charge in [-0.3, -0.25) is 4.79 Å². The van der Waals surface area contributed by atoms with Crippen molar-refractivity contribution in [3.8, 4) is 5.75 Å². The summed E-state index contributed by atoms with van der Waals surface area (Å²) < 4.78 is 32.9. The highest BCUT2D eigenvalue weighted by Gasteiger charge is 2.35. The number of nitrogens with zero attached hydrogens (tertiary/aromatic N) is 3. The standard InChI is InChI=1S/C24H29Cl2N3O4S/c1-33-20-9-7-19(8-10-20)27-12-14-28(15-13-27)24(30)18-4-3-11-29(16-18)34(31,32)17-21-22(25)5-2-6-23(21)26/h2,5-10,18H,3-4,11-17H2,1H3/t18-/m0/s1. The van der Waals surface area contributed by atoms with E-state index in [1.54, 1.807) is 25.3 Å². The minimum atomic E-state index is -3.65. The monoisotopic (exact) mass is 525 g/mol. The molecular formula is C24H29Cl2N3O4S. The second-order valence-electron chi connectivity index (χ2n) is 8.66. The van der Waals surface area contributed by atoms with E-state index in [2.05, 4.69) is 4.90 Å². The van der Waals surface area contributed by atoms with Crippen molar-refractivity contribution in [2.24, 2.45) is 5.92 Å². The zero-order valence-corrected chi connectivity index (χ0v) is 21.4. The molecule has 1 atom stereocenters. The lowest BCUT2D eigenvalue weighted by Crippen LogP contribution is -2.53. The predicted octanol–water partition coefficient (Wildman–Crippen LogP) is 3.89. The summed E-state index contributed by atoms with van der Waals surface area (Å²) in [6, 6.07) is 12.8. The van der Waals surface area contributed by atoms with Crippen molar-refractivity contribution in [2.75, 3.05) is 51.3 Å². The third-order valence-electron chi connectivity index (χ3n) is 6.54. The number of piperidine rings is 1. The quantitative estimate of drug-likeness (QED) is 0.572. The third kappa shape index (κ3) is 5.62. The van der Waals surface area contributed by atoms with Crippen LogP contribution in [0.4, 0.5) is 5.69 Å². The maximum atomic E-state index is 13.2. The van der Waals surface area contributed by atoms with Crippen LogP contribution in [0, 0.1) is 5.92 Å². The lowest BCUT2D eigenvalue weighted by Gasteiger charge is -2.39. The number of carbonyl (C=O) groups is 1. The number of piperazine rings is 1. The molecule has 0 saturated carbocycles. The summed E-state index contributed by atoms with van der Waals surface area (Å²) in [7, 11) is -2.01. The highest BCUT2D eigenvalue weighted by atomic mass is 35.5. The van der Waals surface area contributed by atoms with Crippen molar-refractivity contribution < 1.29 is 17.9 Å². The Morgan fingerprint density at radius 2 is 1.65 bits per heavy atom. The van der Waals surface area contributed by atoms with Gasteiger partial charge in [0.05, 0.1) is 18.8 Å². The van der Waals surface area contributed by atoms with E-state index in [1.165, 1.54) is 4.31 Å². The topological polar surface area (TPSA) is 70.2 Å². The van der Waals surface area contributed by atoms with Gasteiger partial charge >= 0.3 is 0 Å².